The first kappa shape index (κ1) is 24.2. The number of alkyl halides is 3. The Morgan fingerprint density at radius 3 is 2.45 bits per heavy atom. The molecule has 0 radical (unpaired) electrons. The highest BCUT2D eigenvalue weighted by molar-refractivity contribution is 7.89. The molecule has 1 aromatic heterocycles. The van der Waals surface area contributed by atoms with Gasteiger partial charge in [0.15, 0.2) is 0 Å². The Bertz CT molecular complexity index is 1260. The van der Waals surface area contributed by atoms with Crippen LogP contribution in [0.4, 0.5) is 18.9 Å². The van der Waals surface area contributed by atoms with Gasteiger partial charge in [-0.2, -0.15) is 18.3 Å². The van der Waals surface area contributed by atoms with Crippen molar-refractivity contribution in [2.24, 2.45) is 0 Å². The van der Waals surface area contributed by atoms with Crippen LogP contribution in [0.15, 0.2) is 53.9 Å². The highest BCUT2D eigenvalue weighted by atomic mass is 32.2. The molecule has 0 aliphatic rings. The smallest absolute Gasteiger partial charge is 0.416 e. The zero-order valence-electron chi connectivity index (χ0n) is 17.7. The van der Waals surface area contributed by atoms with Gasteiger partial charge in [-0.3, -0.25) is 4.79 Å². The SMILES string of the molecule is COc1ccc(C(=O)Nc2cc(C(F)(F)F)ccc2-n2cncn2)cc1S(=O)(=O)NC(C)C. The van der Waals surface area contributed by atoms with E-state index in [2.05, 4.69) is 20.1 Å². The average Bonchev–Trinajstić information content (AvgIpc) is 3.26. The van der Waals surface area contributed by atoms with Gasteiger partial charge in [-0.25, -0.2) is 22.8 Å². The first-order valence-electron chi connectivity index (χ1n) is 9.50. The summed E-state index contributed by atoms with van der Waals surface area (Å²) in [5.41, 5.74) is -1.15. The fourth-order valence-corrected chi connectivity index (χ4v) is 4.39. The molecule has 0 saturated heterocycles. The number of rotatable bonds is 7. The lowest BCUT2D eigenvalue weighted by Crippen LogP contribution is -2.30. The number of hydrogen-bond acceptors (Lipinski definition) is 6. The topological polar surface area (TPSA) is 115 Å². The van der Waals surface area contributed by atoms with E-state index in [-0.39, 0.29) is 27.6 Å². The van der Waals surface area contributed by atoms with E-state index in [9.17, 15) is 26.4 Å². The second-order valence-corrected chi connectivity index (χ2v) is 8.85. The molecule has 0 atom stereocenters. The molecule has 2 aromatic carbocycles. The maximum Gasteiger partial charge on any atom is 0.416 e. The molecule has 0 saturated carbocycles. The lowest BCUT2D eigenvalue weighted by molar-refractivity contribution is -0.137. The molecule has 0 bridgehead atoms. The molecule has 33 heavy (non-hydrogen) atoms. The number of amides is 1. The number of benzene rings is 2. The number of ether oxygens (including phenoxy) is 1. The molecule has 176 valence electrons. The van der Waals surface area contributed by atoms with Crippen molar-refractivity contribution in [3.8, 4) is 11.4 Å². The van der Waals surface area contributed by atoms with E-state index in [1.807, 2.05) is 0 Å². The minimum absolute atomic E-state index is 0.00192. The molecule has 1 amide bonds. The zero-order valence-corrected chi connectivity index (χ0v) is 18.5. The van der Waals surface area contributed by atoms with Gasteiger partial charge < -0.3 is 10.1 Å². The predicted molar refractivity (Wildman–Crippen MR) is 113 cm³/mol. The summed E-state index contributed by atoms with van der Waals surface area (Å²) in [7, 11) is -2.75. The molecule has 2 N–H and O–H groups in total. The summed E-state index contributed by atoms with van der Waals surface area (Å²) in [6, 6.07) is 6.00. The highest BCUT2D eigenvalue weighted by Crippen LogP contribution is 2.33. The van der Waals surface area contributed by atoms with E-state index in [4.69, 9.17) is 4.74 Å². The van der Waals surface area contributed by atoms with Crippen LogP contribution in [0.25, 0.3) is 5.69 Å². The Hall–Kier alpha value is -3.45. The Morgan fingerprint density at radius 1 is 1.15 bits per heavy atom. The maximum absolute atomic E-state index is 13.2. The van der Waals surface area contributed by atoms with Gasteiger partial charge in [0.25, 0.3) is 5.91 Å². The molecule has 0 unspecified atom stereocenters. The van der Waals surface area contributed by atoms with E-state index in [1.54, 1.807) is 13.8 Å². The van der Waals surface area contributed by atoms with Gasteiger partial charge in [-0.05, 0) is 50.2 Å². The van der Waals surface area contributed by atoms with Gasteiger partial charge in [0.05, 0.1) is 24.0 Å². The summed E-state index contributed by atoms with van der Waals surface area (Å²) in [5.74, 6) is -0.832. The Kier molecular flexibility index (Phi) is 6.74. The van der Waals surface area contributed by atoms with Gasteiger partial charge in [-0.15, -0.1) is 0 Å². The Balaban J connectivity index is 2.03. The number of aromatic nitrogens is 3. The number of sulfonamides is 1. The third kappa shape index (κ3) is 5.49. The molecular weight excluding hydrogens is 463 g/mol. The van der Waals surface area contributed by atoms with E-state index >= 15 is 0 Å². The van der Waals surface area contributed by atoms with Crippen LogP contribution in [0.1, 0.15) is 29.8 Å². The molecule has 0 spiro atoms. The molecule has 13 heteroatoms. The molecule has 3 aromatic rings. The molecule has 9 nitrogen and oxygen atoms in total. The van der Waals surface area contributed by atoms with Crippen molar-refractivity contribution in [1.29, 1.82) is 0 Å². The lowest BCUT2D eigenvalue weighted by Gasteiger charge is -2.16. The number of carbonyl (C=O) groups is 1. The quantitative estimate of drug-likeness (QED) is 0.533. The van der Waals surface area contributed by atoms with E-state index in [0.29, 0.717) is 0 Å². The van der Waals surface area contributed by atoms with Crippen LogP contribution in [-0.4, -0.2) is 42.2 Å². The van der Waals surface area contributed by atoms with Crippen LogP contribution in [0, 0.1) is 0 Å². The number of carbonyl (C=O) groups excluding carboxylic acids is 1. The van der Waals surface area contributed by atoms with Crippen molar-refractivity contribution in [2.75, 3.05) is 12.4 Å². The fraction of sp³-hybridized carbons (Fsp3) is 0.250. The molecular formula is C20H20F3N5O4S. The average molecular weight is 483 g/mol. The number of methoxy groups -OCH3 is 1. The predicted octanol–water partition coefficient (Wildman–Crippen LogP) is 3.23. The van der Waals surface area contributed by atoms with Crippen LogP contribution in [0.5, 0.6) is 5.75 Å². The summed E-state index contributed by atoms with van der Waals surface area (Å²) in [5, 5.41) is 6.29. The van der Waals surface area contributed by atoms with Crippen LogP contribution in [-0.2, 0) is 16.2 Å². The number of nitrogens with zero attached hydrogens (tertiary/aromatic N) is 3. The number of anilines is 1. The Labute approximate surface area is 187 Å². The number of halogens is 3. The van der Waals surface area contributed by atoms with Gasteiger partial charge in [0, 0.05) is 11.6 Å². The summed E-state index contributed by atoms with van der Waals surface area (Å²) in [6.07, 6.45) is -2.20. The van der Waals surface area contributed by atoms with Crippen molar-refractivity contribution in [1.82, 2.24) is 19.5 Å². The summed E-state index contributed by atoms with van der Waals surface area (Å²) in [6.45, 7) is 3.25. The van der Waals surface area contributed by atoms with Gasteiger partial charge in [0.2, 0.25) is 10.0 Å². The minimum atomic E-state index is -4.65. The van der Waals surface area contributed by atoms with Gasteiger partial charge in [-0.1, -0.05) is 0 Å². The van der Waals surface area contributed by atoms with Crippen LogP contribution in [0.3, 0.4) is 0 Å². The third-order valence-electron chi connectivity index (χ3n) is 4.34. The first-order valence-corrected chi connectivity index (χ1v) is 11.0. The zero-order chi connectivity index (χ0) is 24.4. The van der Waals surface area contributed by atoms with Gasteiger partial charge in [0.1, 0.15) is 23.3 Å². The van der Waals surface area contributed by atoms with Crippen molar-refractivity contribution in [3.05, 3.63) is 60.2 Å². The van der Waals surface area contributed by atoms with E-state index in [0.717, 1.165) is 24.3 Å². The van der Waals surface area contributed by atoms with Crippen LogP contribution < -0.4 is 14.8 Å². The maximum atomic E-state index is 13.2. The minimum Gasteiger partial charge on any atom is -0.495 e. The lowest BCUT2D eigenvalue weighted by atomic mass is 10.1. The first-order chi connectivity index (χ1) is 15.4. The second kappa shape index (κ2) is 9.19. The van der Waals surface area contributed by atoms with Gasteiger partial charge >= 0.3 is 6.18 Å². The molecule has 3 rings (SSSR count). The van der Waals surface area contributed by atoms with Crippen molar-refractivity contribution in [3.63, 3.8) is 0 Å². The van der Waals surface area contributed by atoms with E-state index in [1.165, 1.54) is 36.6 Å². The summed E-state index contributed by atoms with van der Waals surface area (Å²) < 4.78 is 73.7. The number of hydrogen-bond donors (Lipinski definition) is 2. The fourth-order valence-electron chi connectivity index (χ4n) is 2.94. The molecule has 0 fully saturated rings. The monoisotopic (exact) mass is 483 g/mol. The largest absolute Gasteiger partial charge is 0.495 e. The Morgan fingerprint density at radius 2 is 1.88 bits per heavy atom. The van der Waals surface area contributed by atoms with E-state index < -0.39 is 33.7 Å². The van der Waals surface area contributed by atoms with Crippen molar-refractivity contribution < 1.29 is 31.1 Å². The van der Waals surface area contributed by atoms with Crippen LogP contribution >= 0.6 is 0 Å². The summed E-state index contributed by atoms with van der Waals surface area (Å²) in [4.78, 5) is 16.4. The molecule has 1 heterocycles. The summed E-state index contributed by atoms with van der Waals surface area (Å²) >= 11 is 0. The highest BCUT2D eigenvalue weighted by Gasteiger charge is 2.31. The third-order valence-corrected chi connectivity index (χ3v) is 6.02. The molecule has 0 aliphatic carbocycles. The number of nitrogens with one attached hydrogen (secondary N) is 2. The molecule has 0 aliphatic heterocycles. The standard InChI is InChI=1S/C20H20F3N5O4S/c1-12(2)27-33(30,31)18-8-13(4-7-17(18)32-3)19(29)26-15-9-14(20(21,22)23)5-6-16(15)28-11-24-10-25-28/h4-12,27H,1-3H3,(H,26,29). The second-order valence-electron chi connectivity index (χ2n) is 7.17. The van der Waals surface area contributed by atoms with Crippen molar-refractivity contribution in [2.45, 2.75) is 31.0 Å². The van der Waals surface area contributed by atoms with Crippen molar-refractivity contribution >= 4 is 21.6 Å². The normalized spacial score (nSPS) is 12.1. The van der Waals surface area contributed by atoms with Crippen LogP contribution in [0.2, 0.25) is 0 Å².